The molecule has 0 radical (unpaired) electrons. The van der Waals surface area contributed by atoms with Crippen molar-refractivity contribution in [3.63, 3.8) is 0 Å². The van der Waals surface area contributed by atoms with E-state index in [0.717, 1.165) is 39.3 Å². The number of pyridine rings is 2. The Morgan fingerprint density at radius 1 is 0.846 bits per heavy atom. The molecular weight excluding hydrogens is 488 g/mol. The van der Waals surface area contributed by atoms with Gasteiger partial charge >= 0.3 is 5.97 Å². The number of carboxylic acids is 1. The number of nitrogens with zero attached hydrogens (tertiary/aromatic N) is 4. The summed E-state index contributed by atoms with van der Waals surface area (Å²) in [5, 5.41) is 12.5. The standard InChI is InChI=1S/C31H24N6O2/c32-28-25(7-4-18-33-28)29-36-27-17-16-26(21-5-2-1-3-6-21)35-30(27)37(29)24-14-12-23(13-15-24)34-19-20-8-10-22(11-9-20)31(38)39/h1-18,34H,19H2,(H2,32,33)(H,38,39). The molecule has 8 heteroatoms. The van der Waals surface area contributed by atoms with Crippen molar-refractivity contribution in [2.45, 2.75) is 6.54 Å². The van der Waals surface area contributed by atoms with Crippen LogP contribution in [0.3, 0.4) is 0 Å². The Hall–Kier alpha value is -5.50. The summed E-state index contributed by atoms with van der Waals surface area (Å²) in [5.74, 6) is 0.118. The Kier molecular flexibility index (Phi) is 6.18. The summed E-state index contributed by atoms with van der Waals surface area (Å²) in [5.41, 5.74) is 13.4. The van der Waals surface area contributed by atoms with E-state index in [1.54, 1.807) is 18.3 Å². The zero-order valence-electron chi connectivity index (χ0n) is 20.8. The van der Waals surface area contributed by atoms with Gasteiger partial charge in [-0.25, -0.2) is 19.7 Å². The van der Waals surface area contributed by atoms with E-state index in [1.165, 1.54) is 0 Å². The van der Waals surface area contributed by atoms with Crippen LogP contribution in [0.15, 0.2) is 109 Å². The number of nitrogen functional groups attached to an aromatic ring is 1. The molecule has 8 nitrogen and oxygen atoms in total. The van der Waals surface area contributed by atoms with E-state index < -0.39 is 5.97 Å². The van der Waals surface area contributed by atoms with Crippen molar-refractivity contribution in [1.82, 2.24) is 19.5 Å². The fourth-order valence-corrected chi connectivity index (χ4v) is 4.46. The van der Waals surface area contributed by atoms with Crippen molar-refractivity contribution in [2.24, 2.45) is 0 Å². The highest BCUT2D eigenvalue weighted by atomic mass is 16.4. The maximum Gasteiger partial charge on any atom is 0.335 e. The molecule has 0 aliphatic rings. The average molecular weight is 513 g/mol. The number of hydrogen-bond acceptors (Lipinski definition) is 6. The van der Waals surface area contributed by atoms with Crippen molar-refractivity contribution in [1.29, 1.82) is 0 Å². The number of fused-ring (bicyclic) bond motifs is 1. The molecule has 0 saturated heterocycles. The average Bonchev–Trinajstić information content (AvgIpc) is 3.36. The molecule has 6 rings (SSSR count). The first kappa shape index (κ1) is 23.9. The highest BCUT2D eigenvalue weighted by Gasteiger charge is 2.18. The summed E-state index contributed by atoms with van der Waals surface area (Å²) in [7, 11) is 0. The molecule has 0 aliphatic carbocycles. The lowest BCUT2D eigenvalue weighted by Gasteiger charge is -2.12. The van der Waals surface area contributed by atoms with Crippen LogP contribution in [0.1, 0.15) is 15.9 Å². The fraction of sp³-hybridized carbons (Fsp3) is 0.0323. The van der Waals surface area contributed by atoms with Gasteiger partial charge in [-0.05, 0) is 66.2 Å². The van der Waals surface area contributed by atoms with E-state index in [4.69, 9.17) is 20.8 Å². The Balaban J connectivity index is 1.37. The van der Waals surface area contributed by atoms with E-state index in [-0.39, 0.29) is 5.56 Å². The van der Waals surface area contributed by atoms with Crippen molar-refractivity contribution in [3.8, 4) is 28.3 Å². The molecule has 3 heterocycles. The van der Waals surface area contributed by atoms with Crippen LogP contribution >= 0.6 is 0 Å². The minimum Gasteiger partial charge on any atom is -0.478 e. The first-order valence-electron chi connectivity index (χ1n) is 12.4. The second kappa shape index (κ2) is 10.1. The molecule has 0 aliphatic heterocycles. The first-order chi connectivity index (χ1) is 19.1. The van der Waals surface area contributed by atoms with Gasteiger partial charge < -0.3 is 16.2 Å². The third kappa shape index (κ3) is 4.78. The highest BCUT2D eigenvalue weighted by molar-refractivity contribution is 5.87. The molecule has 3 aromatic carbocycles. The van der Waals surface area contributed by atoms with Crippen LogP contribution in [0, 0.1) is 0 Å². The molecule has 3 aromatic heterocycles. The summed E-state index contributed by atoms with van der Waals surface area (Å²) in [6, 6.07) is 32.5. The Morgan fingerprint density at radius 3 is 2.33 bits per heavy atom. The number of nitrogens with one attached hydrogen (secondary N) is 1. The zero-order chi connectivity index (χ0) is 26.8. The Labute approximate surface area is 224 Å². The summed E-state index contributed by atoms with van der Waals surface area (Å²) in [4.78, 5) is 25.3. The van der Waals surface area contributed by atoms with Crippen LogP contribution in [0.2, 0.25) is 0 Å². The largest absolute Gasteiger partial charge is 0.478 e. The smallest absolute Gasteiger partial charge is 0.335 e. The molecule has 39 heavy (non-hydrogen) atoms. The Bertz CT molecular complexity index is 1780. The monoisotopic (exact) mass is 512 g/mol. The maximum absolute atomic E-state index is 11.1. The van der Waals surface area contributed by atoms with Crippen LogP contribution in [0.4, 0.5) is 11.5 Å². The molecular formula is C31H24N6O2. The van der Waals surface area contributed by atoms with E-state index in [1.807, 2.05) is 95.6 Å². The second-order valence-electron chi connectivity index (χ2n) is 9.01. The second-order valence-corrected chi connectivity index (χ2v) is 9.01. The number of aromatic carboxylic acids is 1. The fourth-order valence-electron chi connectivity index (χ4n) is 4.46. The number of imidazole rings is 1. The minimum atomic E-state index is -0.935. The summed E-state index contributed by atoms with van der Waals surface area (Å²) in [6.07, 6.45) is 1.66. The quantitative estimate of drug-likeness (QED) is 0.238. The van der Waals surface area contributed by atoms with Gasteiger partial charge in [-0.1, -0.05) is 42.5 Å². The van der Waals surface area contributed by atoms with Gasteiger partial charge in [0.15, 0.2) is 11.5 Å². The van der Waals surface area contributed by atoms with Gasteiger partial charge in [-0.15, -0.1) is 0 Å². The van der Waals surface area contributed by atoms with E-state index in [2.05, 4.69) is 10.3 Å². The predicted octanol–water partition coefficient (Wildman–Crippen LogP) is 6.04. The lowest BCUT2D eigenvalue weighted by molar-refractivity contribution is 0.0697. The number of carbonyl (C=O) groups is 1. The molecule has 190 valence electrons. The molecule has 4 N–H and O–H groups in total. The number of aromatic nitrogens is 4. The molecule has 0 saturated carbocycles. The van der Waals surface area contributed by atoms with Crippen LogP contribution in [-0.4, -0.2) is 30.6 Å². The molecule has 0 amide bonds. The van der Waals surface area contributed by atoms with Crippen molar-refractivity contribution in [2.75, 3.05) is 11.1 Å². The van der Waals surface area contributed by atoms with Crippen LogP contribution < -0.4 is 11.1 Å². The third-order valence-corrected chi connectivity index (χ3v) is 6.48. The van der Waals surface area contributed by atoms with Gasteiger partial charge in [0, 0.05) is 29.7 Å². The zero-order valence-corrected chi connectivity index (χ0v) is 20.8. The molecule has 0 atom stereocenters. The van der Waals surface area contributed by atoms with Gasteiger partial charge in [0.25, 0.3) is 0 Å². The predicted molar refractivity (Wildman–Crippen MR) is 153 cm³/mol. The number of rotatable bonds is 7. The van der Waals surface area contributed by atoms with Crippen LogP contribution in [0.25, 0.3) is 39.5 Å². The number of hydrogen-bond donors (Lipinski definition) is 3. The minimum absolute atomic E-state index is 0.268. The maximum atomic E-state index is 11.1. The topological polar surface area (TPSA) is 119 Å². The van der Waals surface area contributed by atoms with Crippen LogP contribution in [-0.2, 0) is 6.54 Å². The lowest BCUT2D eigenvalue weighted by atomic mass is 10.1. The SMILES string of the molecule is Nc1ncccc1-c1nc2ccc(-c3ccccc3)nc2n1-c1ccc(NCc2ccc(C(=O)O)cc2)cc1. The first-order valence-corrected chi connectivity index (χ1v) is 12.4. The van der Waals surface area contributed by atoms with E-state index in [0.29, 0.717) is 23.8 Å². The molecule has 6 aromatic rings. The Morgan fingerprint density at radius 2 is 1.62 bits per heavy atom. The van der Waals surface area contributed by atoms with Gasteiger partial charge in [-0.2, -0.15) is 0 Å². The van der Waals surface area contributed by atoms with Gasteiger partial charge in [0.05, 0.1) is 16.8 Å². The normalized spacial score (nSPS) is 11.0. The number of benzene rings is 3. The summed E-state index contributed by atoms with van der Waals surface area (Å²) in [6.45, 7) is 0.562. The van der Waals surface area contributed by atoms with Gasteiger partial charge in [0.1, 0.15) is 11.3 Å². The molecule has 0 bridgehead atoms. The number of carboxylic acid groups (broad SMARTS) is 1. The molecule has 0 unspecified atom stereocenters. The van der Waals surface area contributed by atoms with E-state index >= 15 is 0 Å². The van der Waals surface area contributed by atoms with Gasteiger partial charge in [0.2, 0.25) is 0 Å². The molecule has 0 fully saturated rings. The number of anilines is 2. The van der Waals surface area contributed by atoms with E-state index in [9.17, 15) is 4.79 Å². The number of nitrogens with two attached hydrogens (primary N) is 1. The van der Waals surface area contributed by atoms with Gasteiger partial charge in [-0.3, -0.25) is 4.57 Å². The van der Waals surface area contributed by atoms with Crippen molar-refractivity contribution >= 4 is 28.6 Å². The highest BCUT2D eigenvalue weighted by Crippen LogP contribution is 2.32. The third-order valence-electron chi connectivity index (χ3n) is 6.48. The van der Waals surface area contributed by atoms with Crippen LogP contribution in [0.5, 0.6) is 0 Å². The lowest BCUT2D eigenvalue weighted by Crippen LogP contribution is -2.03. The summed E-state index contributed by atoms with van der Waals surface area (Å²) < 4.78 is 2.00. The molecule has 0 spiro atoms. The van der Waals surface area contributed by atoms with Crippen molar-refractivity contribution < 1.29 is 9.90 Å². The summed E-state index contributed by atoms with van der Waals surface area (Å²) >= 11 is 0. The van der Waals surface area contributed by atoms with Crippen molar-refractivity contribution in [3.05, 3.63) is 120 Å².